The van der Waals surface area contributed by atoms with E-state index in [0.29, 0.717) is 11.6 Å². The Kier molecular flexibility index (Phi) is 3.46. The lowest BCUT2D eigenvalue weighted by Crippen LogP contribution is -2.12. The maximum atomic E-state index is 10.5. The van der Waals surface area contributed by atoms with Crippen molar-refractivity contribution in [3.63, 3.8) is 0 Å². The van der Waals surface area contributed by atoms with E-state index in [2.05, 4.69) is 4.99 Å². The molecule has 16 heavy (non-hydrogen) atoms. The second-order valence-corrected chi connectivity index (χ2v) is 4.52. The van der Waals surface area contributed by atoms with Crippen LogP contribution in [0.1, 0.15) is 6.42 Å². The number of nitrogens with zero attached hydrogens (tertiary/aromatic N) is 1. The minimum atomic E-state index is -0.855. The minimum absolute atomic E-state index is 0.0146. The number of carboxylic acids is 1. The third kappa shape index (κ3) is 3.00. The standard InChI is InChI=1S/C11H11NO3S/c13-10(14)6-9-12-7-11(16-9)15-8-4-2-1-3-5-8/h1-5,11H,6-7H2,(H,13,14). The van der Waals surface area contributed by atoms with E-state index in [1.807, 2.05) is 30.3 Å². The van der Waals surface area contributed by atoms with Gasteiger partial charge in [0, 0.05) is 0 Å². The van der Waals surface area contributed by atoms with Crippen LogP contribution in [-0.4, -0.2) is 28.1 Å². The molecule has 2 rings (SSSR count). The molecule has 0 saturated heterocycles. The average Bonchev–Trinajstić information content (AvgIpc) is 2.66. The summed E-state index contributed by atoms with van der Waals surface area (Å²) in [7, 11) is 0. The van der Waals surface area contributed by atoms with Gasteiger partial charge in [-0.2, -0.15) is 0 Å². The molecule has 0 amide bonds. The van der Waals surface area contributed by atoms with Gasteiger partial charge in [-0.3, -0.25) is 9.79 Å². The van der Waals surface area contributed by atoms with Crippen molar-refractivity contribution in [3.8, 4) is 5.75 Å². The highest BCUT2D eigenvalue weighted by Gasteiger charge is 2.22. The lowest BCUT2D eigenvalue weighted by molar-refractivity contribution is -0.135. The topological polar surface area (TPSA) is 58.9 Å². The summed E-state index contributed by atoms with van der Waals surface area (Å²) in [5.41, 5.74) is -0.100. The van der Waals surface area contributed by atoms with Crippen molar-refractivity contribution in [2.24, 2.45) is 4.99 Å². The molecule has 0 fully saturated rings. The number of aliphatic imine (C=N–C) groups is 1. The number of ether oxygens (including phenoxy) is 1. The van der Waals surface area contributed by atoms with Crippen LogP contribution in [0.4, 0.5) is 0 Å². The van der Waals surface area contributed by atoms with E-state index in [1.165, 1.54) is 11.8 Å². The lowest BCUT2D eigenvalue weighted by atomic mass is 10.3. The first-order valence-electron chi connectivity index (χ1n) is 4.87. The average molecular weight is 237 g/mol. The Morgan fingerprint density at radius 1 is 1.50 bits per heavy atom. The van der Waals surface area contributed by atoms with Gasteiger partial charge in [-0.05, 0) is 12.1 Å². The van der Waals surface area contributed by atoms with Gasteiger partial charge in [0.2, 0.25) is 0 Å². The molecular formula is C11H11NO3S. The summed E-state index contributed by atoms with van der Waals surface area (Å²) in [6, 6.07) is 9.45. The van der Waals surface area contributed by atoms with Crippen LogP contribution in [0.2, 0.25) is 0 Å². The molecule has 4 nitrogen and oxygen atoms in total. The number of aliphatic carboxylic acids is 1. The van der Waals surface area contributed by atoms with E-state index < -0.39 is 5.97 Å². The van der Waals surface area contributed by atoms with Crippen LogP contribution in [0, 0.1) is 0 Å². The van der Waals surface area contributed by atoms with E-state index in [1.54, 1.807) is 0 Å². The predicted molar refractivity (Wildman–Crippen MR) is 63.0 cm³/mol. The van der Waals surface area contributed by atoms with Crippen LogP contribution in [0.5, 0.6) is 5.75 Å². The molecule has 0 bridgehead atoms. The molecule has 1 unspecified atom stereocenters. The lowest BCUT2D eigenvalue weighted by Gasteiger charge is -2.11. The normalized spacial score (nSPS) is 19.2. The van der Waals surface area contributed by atoms with Crippen LogP contribution in [-0.2, 0) is 4.79 Å². The van der Waals surface area contributed by atoms with E-state index in [-0.39, 0.29) is 11.9 Å². The summed E-state index contributed by atoms with van der Waals surface area (Å²) < 4.78 is 5.64. The van der Waals surface area contributed by atoms with Crippen LogP contribution in [0.3, 0.4) is 0 Å². The van der Waals surface area contributed by atoms with Crippen molar-refractivity contribution >= 4 is 22.8 Å². The summed E-state index contributed by atoms with van der Waals surface area (Å²) in [4.78, 5) is 14.6. The fourth-order valence-electron chi connectivity index (χ4n) is 1.34. The van der Waals surface area contributed by atoms with Gasteiger partial charge in [-0.1, -0.05) is 30.0 Å². The largest absolute Gasteiger partial charge is 0.481 e. The molecule has 0 radical (unpaired) electrons. The van der Waals surface area contributed by atoms with Gasteiger partial charge in [0.05, 0.1) is 18.0 Å². The molecule has 1 N–H and O–H groups in total. The Morgan fingerprint density at radius 2 is 2.25 bits per heavy atom. The van der Waals surface area contributed by atoms with Crippen molar-refractivity contribution in [2.75, 3.05) is 6.54 Å². The van der Waals surface area contributed by atoms with Crippen LogP contribution >= 0.6 is 11.8 Å². The number of rotatable bonds is 4. The number of para-hydroxylation sites is 1. The molecule has 0 aliphatic carbocycles. The molecule has 1 aliphatic rings. The SMILES string of the molecule is O=C(O)CC1=NCC(Oc2ccccc2)S1. The number of thioether (sulfide) groups is 1. The Labute approximate surface area is 97.3 Å². The Bertz CT molecular complexity index is 405. The molecule has 0 aromatic heterocycles. The van der Waals surface area contributed by atoms with Crippen LogP contribution < -0.4 is 4.74 Å². The van der Waals surface area contributed by atoms with Gasteiger partial charge in [-0.25, -0.2) is 0 Å². The molecular weight excluding hydrogens is 226 g/mol. The highest BCUT2D eigenvalue weighted by Crippen LogP contribution is 2.25. The Balaban J connectivity index is 1.85. The maximum absolute atomic E-state index is 10.5. The van der Waals surface area contributed by atoms with E-state index in [0.717, 1.165) is 5.75 Å². The first-order valence-corrected chi connectivity index (χ1v) is 5.75. The van der Waals surface area contributed by atoms with Gasteiger partial charge < -0.3 is 9.84 Å². The predicted octanol–water partition coefficient (Wildman–Crippen LogP) is 2.01. The molecule has 5 heteroatoms. The Hall–Kier alpha value is -1.49. The van der Waals surface area contributed by atoms with Gasteiger partial charge in [0.25, 0.3) is 0 Å². The first-order chi connectivity index (χ1) is 7.74. The summed E-state index contributed by atoms with van der Waals surface area (Å²) >= 11 is 1.38. The van der Waals surface area contributed by atoms with Gasteiger partial charge in [0.1, 0.15) is 5.75 Å². The molecule has 1 heterocycles. The smallest absolute Gasteiger partial charge is 0.309 e. The monoisotopic (exact) mass is 237 g/mol. The summed E-state index contributed by atoms with van der Waals surface area (Å²) in [5.74, 6) is -0.0709. The van der Waals surface area contributed by atoms with Crippen molar-refractivity contribution < 1.29 is 14.6 Å². The number of carbonyl (C=O) groups is 1. The van der Waals surface area contributed by atoms with Crippen LogP contribution in [0.15, 0.2) is 35.3 Å². The molecule has 1 aromatic rings. The maximum Gasteiger partial charge on any atom is 0.309 e. The van der Waals surface area contributed by atoms with Crippen molar-refractivity contribution in [1.29, 1.82) is 0 Å². The van der Waals surface area contributed by atoms with Crippen LogP contribution in [0.25, 0.3) is 0 Å². The molecule has 1 atom stereocenters. The number of hydrogen-bond donors (Lipinski definition) is 1. The fraction of sp³-hybridized carbons (Fsp3) is 0.273. The van der Waals surface area contributed by atoms with Crippen molar-refractivity contribution in [1.82, 2.24) is 0 Å². The van der Waals surface area contributed by atoms with E-state index >= 15 is 0 Å². The van der Waals surface area contributed by atoms with Gasteiger partial charge in [-0.15, -0.1) is 0 Å². The van der Waals surface area contributed by atoms with Gasteiger partial charge in [0.15, 0.2) is 5.44 Å². The zero-order valence-corrected chi connectivity index (χ0v) is 9.31. The molecule has 1 aromatic carbocycles. The quantitative estimate of drug-likeness (QED) is 0.870. The third-order valence-corrected chi connectivity index (χ3v) is 3.05. The van der Waals surface area contributed by atoms with E-state index in [9.17, 15) is 4.79 Å². The summed E-state index contributed by atoms with van der Waals surface area (Å²) in [6.07, 6.45) is -0.0146. The van der Waals surface area contributed by atoms with E-state index in [4.69, 9.17) is 9.84 Å². The second kappa shape index (κ2) is 5.03. The second-order valence-electron chi connectivity index (χ2n) is 3.28. The summed E-state index contributed by atoms with van der Waals surface area (Å²) in [6.45, 7) is 0.516. The molecule has 84 valence electrons. The zero-order chi connectivity index (χ0) is 11.4. The first kappa shape index (κ1) is 11.0. The highest BCUT2D eigenvalue weighted by atomic mass is 32.2. The van der Waals surface area contributed by atoms with Gasteiger partial charge >= 0.3 is 5.97 Å². The fourth-order valence-corrected chi connectivity index (χ4v) is 2.31. The highest BCUT2D eigenvalue weighted by molar-refractivity contribution is 8.14. The van der Waals surface area contributed by atoms with Crippen molar-refractivity contribution in [3.05, 3.63) is 30.3 Å². The number of hydrogen-bond acceptors (Lipinski definition) is 4. The molecule has 0 spiro atoms. The van der Waals surface area contributed by atoms with Crippen molar-refractivity contribution in [2.45, 2.75) is 11.9 Å². The molecule has 1 aliphatic heterocycles. The number of benzene rings is 1. The minimum Gasteiger partial charge on any atom is -0.481 e. The molecule has 0 saturated carbocycles. The number of carboxylic acid groups (broad SMARTS) is 1. The Morgan fingerprint density at radius 3 is 2.94 bits per heavy atom. The summed E-state index contributed by atoms with van der Waals surface area (Å²) in [5, 5.41) is 9.25. The third-order valence-electron chi connectivity index (χ3n) is 2.00. The zero-order valence-electron chi connectivity index (χ0n) is 8.50.